The SMILES string of the molecule is Cc1c(C(=O)NC(C(=O)O)c2ccc(Cl)c(F)c2)oc2c1C(=O)CCC2. The van der Waals surface area contributed by atoms with Crippen molar-refractivity contribution in [1.82, 2.24) is 5.32 Å². The van der Waals surface area contributed by atoms with E-state index in [-0.39, 0.29) is 22.1 Å². The van der Waals surface area contributed by atoms with Gasteiger partial charge in [-0.15, -0.1) is 0 Å². The van der Waals surface area contributed by atoms with Crippen molar-refractivity contribution in [2.24, 2.45) is 0 Å². The van der Waals surface area contributed by atoms with Crippen LogP contribution in [-0.2, 0) is 11.2 Å². The Hall–Kier alpha value is -2.67. The molecule has 136 valence electrons. The molecule has 3 rings (SSSR count). The molecule has 8 heteroatoms. The minimum absolute atomic E-state index is 0.0257. The Morgan fingerprint density at radius 1 is 1.35 bits per heavy atom. The van der Waals surface area contributed by atoms with Gasteiger partial charge in [-0.2, -0.15) is 0 Å². The van der Waals surface area contributed by atoms with Gasteiger partial charge in [-0.05, 0) is 31.0 Å². The number of nitrogens with one attached hydrogen (secondary N) is 1. The van der Waals surface area contributed by atoms with Crippen molar-refractivity contribution in [1.29, 1.82) is 0 Å². The number of carbonyl (C=O) groups excluding carboxylic acids is 2. The van der Waals surface area contributed by atoms with Crippen LogP contribution in [0.1, 0.15) is 56.7 Å². The molecule has 0 radical (unpaired) electrons. The third kappa shape index (κ3) is 3.22. The summed E-state index contributed by atoms with van der Waals surface area (Å²) in [6.07, 6.45) is 1.57. The third-order valence-corrected chi connectivity index (χ3v) is 4.62. The lowest BCUT2D eigenvalue weighted by Crippen LogP contribution is -2.34. The number of aryl methyl sites for hydroxylation is 1. The molecule has 0 spiro atoms. The molecule has 0 fully saturated rings. The van der Waals surface area contributed by atoms with Crippen molar-refractivity contribution in [3.8, 4) is 0 Å². The normalized spacial score (nSPS) is 14.7. The van der Waals surface area contributed by atoms with Crippen LogP contribution in [0.3, 0.4) is 0 Å². The smallest absolute Gasteiger partial charge is 0.330 e. The lowest BCUT2D eigenvalue weighted by atomic mass is 9.94. The Balaban J connectivity index is 1.91. The van der Waals surface area contributed by atoms with E-state index in [9.17, 15) is 23.9 Å². The Labute approximate surface area is 152 Å². The van der Waals surface area contributed by atoms with Gasteiger partial charge in [-0.1, -0.05) is 17.7 Å². The first-order chi connectivity index (χ1) is 12.3. The van der Waals surface area contributed by atoms with Gasteiger partial charge in [0.15, 0.2) is 17.6 Å². The highest BCUT2D eigenvalue weighted by molar-refractivity contribution is 6.30. The van der Waals surface area contributed by atoms with Gasteiger partial charge in [-0.25, -0.2) is 9.18 Å². The molecule has 26 heavy (non-hydrogen) atoms. The second-order valence-corrected chi connectivity index (χ2v) is 6.46. The molecular formula is C18H15ClFNO5. The molecule has 6 nitrogen and oxygen atoms in total. The summed E-state index contributed by atoms with van der Waals surface area (Å²) in [5, 5.41) is 11.6. The monoisotopic (exact) mass is 379 g/mol. The zero-order valence-electron chi connectivity index (χ0n) is 13.8. The van der Waals surface area contributed by atoms with Crippen molar-refractivity contribution in [2.45, 2.75) is 32.2 Å². The summed E-state index contributed by atoms with van der Waals surface area (Å²) in [6.45, 7) is 1.58. The predicted octanol–water partition coefficient (Wildman–Crippen LogP) is 3.46. The van der Waals surface area contributed by atoms with E-state index in [1.807, 2.05) is 0 Å². The van der Waals surface area contributed by atoms with E-state index in [1.54, 1.807) is 6.92 Å². The number of ketones is 1. The van der Waals surface area contributed by atoms with Crippen molar-refractivity contribution in [3.05, 3.63) is 57.2 Å². The van der Waals surface area contributed by atoms with Gasteiger partial charge in [-0.3, -0.25) is 9.59 Å². The number of carbonyl (C=O) groups is 3. The number of Topliss-reactive ketones (excluding diaryl/α,β-unsaturated/α-hetero) is 1. The van der Waals surface area contributed by atoms with Crippen LogP contribution in [0.5, 0.6) is 0 Å². The topological polar surface area (TPSA) is 96.6 Å². The third-order valence-electron chi connectivity index (χ3n) is 4.31. The highest BCUT2D eigenvalue weighted by Gasteiger charge is 2.31. The number of benzene rings is 1. The summed E-state index contributed by atoms with van der Waals surface area (Å²) in [6, 6.07) is 1.98. The minimum Gasteiger partial charge on any atom is -0.479 e. The minimum atomic E-state index is -1.49. The fourth-order valence-corrected chi connectivity index (χ4v) is 3.16. The van der Waals surface area contributed by atoms with Gasteiger partial charge >= 0.3 is 5.97 Å². The van der Waals surface area contributed by atoms with E-state index < -0.39 is 23.7 Å². The van der Waals surface area contributed by atoms with E-state index in [4.69, 9.17) is 16.0 Å². The lowest BCUT2D eigenvalue weighted by Gasteiger charge is -2.14. The Morgan fingerprint density at radius 3 is 2.69 bits per heavy atom. The summed E-state index contributed by atoms with van der Waals surface area (Å²) in [5.74, 6) is -2.71. The zero-order valence-corrected chi connectivity index (χ0v) is 14.5. The van der Waals surface area contributed by atoms with Crippen LogP contribution in [-0.4, -0.2) is 22.8 Å². The van der Waals surface area contributed by atoms with Gasteiger partial charge in [0, 0.05) is 18.4 Å². The number of furan rings is 1. The predicted molar refractivity (Wildman–Crippen MR) is 90.0 cm³/mol. The molecule has 0 bridgehead atoms. The first-order valence-electron chi connectivity index (χ1n) is 7.93. The van der Waals surface area contributed by atoms with Crippen LogP contribution in [0.2, 0.25) is 5.02 Å². The molecule has 1 unspecified atom stereocenters. The Morgan fingerprint density at radius 2 is 2.08 bits per heavy atom. The van der Waals surface area contributed by atoms with Gasteiger partial charge in [0.2, 0.25) is 0 Å². The number of hydrogen-bond acceptors (Lipinski definition) is 4. The van der Waals surface area contributed by atoms with Crippen LogP contribution >= 0.6 is 11.6 Å². The van der Waals surface area contributed by atoms with E-state index in [2.05, 4.69) is 5.32 Å². The summed E-state index contributed by atoms with van der Waals surface area (Å²) in [7, 11) is 0. The second kappa shape index (κ2) is 6.92. The van der Waals surface area contributed by atoms with Crippen LogP contribution in [0.25, 0.3) is 0 Å². The van der Waals surface area contributed by atoms with E-state index in [0.717, 1.165) is 6.07 Å². The zero-order chi connectivity index (χ0) is 19.0. The largest absolute Gasteiger partial charge is 0.479 e. The number of aliphatic carboxylic acids is 1. The first-order valence-corrected chi connectivity index (χ1v) is 8.31. The highest BCUT2D eigenvalue weighted by Crippen LogP contribution is 2.30. The van der Waals surface area contributed by atoms with Gasteiger partial charge in [0.25, 0.3) is 5.91 Å². The van der Waals surface area contributed by atoms with E-state index in [1.165, 1.54) is 12.1 Å². The molecule has 1 aliphatic carbocycles. The Kier molecular flexibility index (Phi) is 4.82. The number of carboxylic acid groups (broad SMARTS) is 1. The standard InChI is InChI=1S/C18H15ClFNO5/c1-8-14-12(22)3-2-4-13(14)26-16(8)17(23)21-15(18(24)25)9-5-6-10(19)11(20)7-9/h5-7,15H,2-4H2,1H3,(H,21,23)(H,24,25). The number of carboxylic acids is 1. The average Bonchev–Trinajstić information content (AvgIpc) is 2.93. The maximum atomic E-state index is 13.6. The molecule has 2 aromatic rings. The van der Waals surface area contributed by atoms with Crippen LogP contribution < -0.4 is 5.32 Å². The van der Waals surface area contributed by atoms with Crippen LogP contribution in [0.4, 0.5) is 4.39 Å². The average molecular weight is 380 g/mol. The van der Waals surface area contributed by atoms with E-state index in [0.29, 0.717) is 36.1 Å². The fourth-order valence-electron chi connectivity index (χ4n) is 3.04. The molecule has 0 saturated carbocycles. The van der Waals surface area contributed by atoms with Crippen molar-refractivity contribution in [2.75, 3.05) is 0 Å². The maximum Gasteiger partial charge on any atom is 0.330 e. The quantitative estimate of drug-likeness (QED) is 0.848. The fraction of sp³-hybridized carbons (Fsp3) is 0.278. The summed E-state index contributed by atoms with van der Waals surface area (Å²) in [5.41, 5.74) is 0.803. The van der Waals surface area contributed by atoms with Crippen LogP contribution in [0.15, 0.2) is 22.6 Å². The van der Waals surface area contributed by atoms with Gasteiger partial charge in [0.05, 0.1) is 10.6 Å². The Bertz CT molecular complexity index is 921. The molecule has 1 heterocycles. The lowest BCUT2D eigenvalue weighted by molar-refractivity contribution is -0.139. The molecule has 1 atom stereocenters. The van der Waals surface area contributed by atoms with Gasteiger partial charge < -0.3 is 14.8 Å². The molecule has 1 aromatic carbocycles. The molecular weight excluding hydrogens is 365 g/mol. The van der Waals surface area contributed by atoms with Crippen molar-refractivity contribution < 1.29 is 28.3 Å². The van der Waals surface area contributed by atoms with Crippen molar-refractivity contribution >= 4 is 29.3 Å². The number of halogens is 2. The summed E-state index contributed by atoms with van der Waals surface area (Å²) in [4.78, 5) is 36.1. The summed E-state index contributed by atoms with van der Waals surface area (Å²) < 4.78 is 19.1. The molecule has 0 saturated heterocycles. The molecule has 1 aromatic heterocycles. The molecule has 1 aliphatic rings. The van der Waals surface area contributed by atoms with Gasteiger partial charge in [0.1, 0.15) is 11.6 Å². The highest BCUT2D eigenvalue weighted by atomic mass is 35.5. The number of rotatable bonds is 4. The molecule has 0 aliphatic heterocycles. The second-order valence-electron chi connectivity index (χ2n) is 6.05. The van der Waals surface area contributed by atoms with Crippen molar-refractivity contribution in [3.63, 3.8) is 0 Å². The van der Waals surface area contributed by atoms with Crippen LogP contribution in [0, 0.1) is 12.7 Å². The molecule has 2 N–H and O–H groups in total. The van der Waals surface area contributed by atoms with E-state index >= 15 is 0 Å². The number of hydrogen-bond donors (Lipinski definition) is 2. The molecule has 1 amide bonds. The number of amides is 1. The summed E-state index contributed by atoms with van der Waals surface area (Å²) >= 11 is 5.60. The maximum absolute atomic E-state index is 13.6. The first kappa shape index (κ1) is 18.1. The number of fused-ring (bicyclic) bond motifs is 1.